The van der Waals surface area contributed by atoms with Crippen molar-refractivity contribution in [1.29, 1.82) is 0 Å². The molecule has 0 unspecified atom stereocenters. The second kappa shape index (κ2) is 8.25. The molecule has 0 aliphatic heterocycles. The van der Waals surface area contributed by atoms with E-state index in [0.717, 1.165) is 10.2 Å². The van der Waals surface area contributed by atoms with E-state index in [1.807, 2.05) is 11.5 Å². The van der Waals surface area contributed by atoms with Crippen LogP contribution in [0, 0.1) is 5.82 Å². The van der Waals surface area contributed by atoms with Gasteiger partial charge in [0.1, 0.15) is 11.6 Å². The number of carbonyl (C=O) groups excluding carboxylic acids is 1. The lowest BCUT2D eigenvalue weighted by molar-refractivity contribution is 0.0996. The zero-order valence-electron chi connectivity index (χ0n) is 14.6. The van der Waals surface area contributed by atoms with E-state index >= 15 is 0 Å². The molecule has 0 aliphatic rings. The first-order chi connectivity index (χ1) is 12.6. The summed E-state index contributed by atoms with van der Waals surface area (Å²) in [5.41, 5.74) is 1.26. The van der Waals surface area contributed by atoms with E-state index in [4.69, 9.17) is 9.47 Å². The number of hydrogen-bond acceptors (Lipinski definition) is 4. The van der Waals surface area contributed by atoms with Crippen molar-refractivity contribution in [1.82, 2.24) is 4.57 Å². The minimum Gasteiger partial charge on any atom is -0.497 e. The van der Waals surface area contributed by atoms with Crippen molar-refractivity contribution in [3.05, 3.63) is 58.6 Å². The normalized spacial score (nSPS) is 11.9. The van der Waals surface area contributed by atoms with E-state index in [2.05, 4.69) is 4.99 Å². The van der Waals surface area contributed by atoms with Crippen LogP contribution >= 0.6 is 11.3 Å². The van der Waals surface area contributed by atoms with Gasteiger partial charge >= 0.3 is 0 Å². The van der Waals surface area contributed by atoms with Crippen LogP contribution < -0.4 is 9.54 Å². The van der Waals surface area contributed by atoms with Gasteiger partial charge in [0.05, 0.1) is 23.9 Å². The predicted molar refractivity (Wildman–Crippen MR) is 99.2 cm³/mol. The molecule has 1 amide bonds. The largest absolute Gasteiger partial charge is 0.497 e. The fraction of sp³-hybridized carbons (Fsp3) is 0.263. The van der Waals surface area contributed by atoms with Gasteiger partial charge in [-0.25, -0.2) is 4.39 Å². The zero-order valence-corrected chi connectivity index (χ0v) is 15.4. The van der Waals surface area contributed by atoms with Gasteiger partial charge < -0.3 is 14.0 Å². The molecule has 0 fully saturated rings. The van der Waals surface area contributed by atoms with Gasteiger partial charge in [-0.15, -0.1) is 0 Å². The van der Waals surface area contributed by atoms with Crippen molar-refractivity contribution in [2.75, 3.05) is 20.3 Å². The van der Waals surface area contributed by atoms with E-state index in [1.54, 1.807) is 37.4 Å². The molecule has 136 valence electrons. The summed E-state index contributed by atoms with van der Waals surface area (Å²) in [6, 6.07) is 11.4. The molecule has 7 heteroatoms. The van der Waals surface area contributed by atoms with Crippen LogP contribution in [-0.2, 0) is 11.3 Å². The Bertz CT molecular complexity index is 994. The van der Waals surface area contributed by atoms with Crippen molar-refractivity contribution in [3.63, 3.8) is 0 Å². The van der Waals surface area contributed by atoms with E-state index in [1.165, 1.54) is 23.5 Å². The third kappa shape index (κ3) is 4.00. The summed E-state index contributed by atoms with van der Waals surface area (Å²) in [5.74, 6) is -0.101. The summed E-state index contributed by atoms with van der Waals surface area (Å²) in [6.45, 7) is 3.54. The van der Waals surface area contributed by atoms with Crippen LogP contribution in [0.15, 0.2) is 47.5 Å². The van der Waals surface area contributed by atoms with Crippen molar-refractivity contribution in [2.24, 2.45) is 4.99 Å². The quantitative estimate of drug-likeness (QED) is 0.619. The van der Waals surface area contributed by atoms with Gasteiger partial charge in [0.25, 0.3) is 5.91 Å². The fourth-order valence-electron chi connectivity index (χ4n) is 2.56. The molecule has 0 radical (unpaired) electrons. The SMILES string of the molecule is CCOCCn1c(=NC(=O)c2cccc(OC)c2)sc2cc(F)ccc21. The molecular formula is C19H19FN2O3S. The van der Waals surface area contributed by atoms with Crippen LogP contribution in [0.25, 0.3) is 10.2 Å². The van der Waals surface area contributed by atoms with Gasteiger partial charge in [-0.05, 0) is 43.3 Å². The second-order valence-electron chi connectivity index (χ2n) is 5.49. The standard InChI is InChI=1S/C19H19FN2O3S/c1-3-25-10-9-22-16-8-7-14(20)12-17(16)26-19(22)21-18(23)13-5-4-6-15(11-13)24-2/h4-8,11-12H,3,9-10H2,1-2H3. The highest BCUT2D eigenvalue weighted by Crippen LogP contribution is 2.19. The third-order valence-electron chi connectivity index (χ3n) is 3.82. The maximum absolute atomic E-state index is 13.6. The number of aromatic nitrogens is 1. The summed E-state index contributed by atoms with van der Waals surface area (Å²) in [5, 5.41) is 0. The number of nitrogens with zero attached hydrogens (tertiary/aromatic N) is 2. The molecule has 0 bridgehead atoms. The smallest absolute Gasteiger partial charge is 0.279 e. The summed E-state index contributed by atoms with van der Waals surface area (Å²) in [7, 11) is 1.54. The lowest BCUT2D eigenvalue weighted by Crippen LogP contribution is -2.19. The highest BCUT2D eigenvalue weighted by atomic mass is 32.1. The first-order valence-electron chi connectivity index (χ1n) is 8.22. The van der Waals surface area contributed by atoms with Crippen LogP contribution in [-0.4, -0.2) is 30.8 Å². The number of hydrogen-bond donors (Lipinski definition) is 0. The lowest BCUT2D eigenvalue weighted by atomic mass is 10.2. The Hall–Kier alpha value is -2.51. The summed E-state index contributed by atoms with van der Waals surface area (Å²) in [6.07, 6.45) is 0. The van der Waals surface area contributed by atoms with Gasteiger partial charge in [-0.2, -0.15) is 4.99 Å². The molecule has 5 nitrogen and oxygen atoms in total. The van der Waals surface area contributed by atoms with Crippen LogP contribution in [0.3, 0.4) is 0 Å². The Morgan fingerprint density at radius 2 is 2.12 bits per heavy atom. The molecule has 0 saturated carbocycles. The average molecular weight is 374 g/mol. The monoisotopic (exact) mass is 374 g/mol. The Morgan fingerprint density at radius 1 is 1.27 bits per heavy atom. The van der Waals surface area contributed by atoms with Crippen molar-refractivity contribution < 1.29 is 18.7 Å². The van der Waals surface area contributed by atoms with Gasteiger partial charge in [0.15, 0.2) is 4.80 Å². The minimum atomic E-state index is -0.374. The van der Waals surface area contributed by atoms with Gasteiger partial charge in [0, 0.05) is 18.7 Å². The van der Waals surface area contributed by atoms with Gasteiger partial charge in [0.2, 0.25) is 0 Å². The number of ether oxygens (including phenoxy) is 2. The number of methoxy groups -OCH3 is 1. The average Bonchev–Trinajstić information content (AvgIpc) is 2.98. The summed E-state index contributed by atoms with van der Waals surface area (Å²) in [4.78, 5) is 17.3. The number of halogens is 1. The number of rotatable bonds is 6. The summed E-state index contributed by atoms with van der Waals surface area (Å²) < 4.78 is 26.7. The summed E-state index contributed by atoms with van der Waals surface area (Å²) >= 11 is 1.28. The lowest BCUT2D eigenvalue weighted by Gasteiger charge is -2.05. The Morgan fingerprint density at radius 3 is 2.88 bits per heavy atom. The maximum atomic E-state index is 13.6. The zero-order chi connectivity index (χ0) is 18.5. The van der Waals surface area contributed by atoms with E-state index in [9.17, 15) is 9.18 Å². The fourth-order valence-corrected chi connectivity index (χ4v) is 3.64. The van der Waals surface area contributed by atoms with E-state index < -0.39 is 0 Å². The first-order valence-corrected chi connectivity index (χ1v) is 9.03. The maximum Gasteiger partial charge on any atom is 0.279 e. The molecule has 2 aromatic carbocycles. The molecule has 0 spiro atoms. The Labute approximate surface area is 154 Å². The molecule has 0 saturated heterocycles. The predicted octanol–water partition coefficient (Wildman–Crippen LogP) is 3.63. The Balaban J connectivity index is 2.05. The molecule has 1 heterocycles. The van der Waals surface area contributed by atoms with Gasteiger partial charge in [-0.3, -0.25) is 4.79 Å². The molecule has 0 atom stereocenters. The molecule has 1 aromatic heterocycles. The number of carbonyl (C=O) groups is 1. The Kier molecular flexibility index (Phi) is 5.80. The minimum absolute atomic E-state index is 0.318. The van der Waals surface area contributed by atoms with Crippen molar-refractivity contribution >= 4 is 27.5 Å². The molecule has 26 heavy (non-hydrogen) atoms. The van der Waals surface area contributed by atoms with Gasteiger partial charge in [-0.1, -0.05) is 17.4 Å². The number of amides is 1. The van der Waals surface area contributed by atoms with Crippen molar-refractivity contribution in [2.45, 2.75) is 13.5 Å². The molecule has 3 aromatic rings. The topological polar surface area (TPSA) is 52.8 Å². The molecule has 0 aliphatic carbocycles. The third-order valence-corrected chi connectivity index (χ3v) is 4.86. The second-order valence-corrected chi connectivity index (χ2v) is 6.50. The number of thiazole rings is 1. The first kappa shape index (κ1) is 18.3. The molecule has 3 rings (SSSR count). The number of benzene rings is 2. The van der Waals surface area contributed by atoms with Crippen LogP contribution in [0.4, 0.5) is 4.39 Å². The van der Waals surface area contributed by atoms with E-state index in [0.29, 0.717) is 35.9 Å². The highest BCUT2D eigenvalue weighted by Gasteiger charge is 2.10. The van der Waals surface area contributed by atoms with Crippen LogP contribution in [0.2, 0.25) is 0 Å². The van der Waals surface area contributed by atoms with Crippen LogP contribution in [0.5, 0.6) is 5.75 Å². The van der Waals surface area contributed by atoms with E-state index in [-0.39, 0.29) is 11.7 Å². The molecule has 0 N–H and O–H groups in total. The highest BCUT2D eigenvalue weighted by molar-refractivity contribution is 7.16. The molecular weight excluding hydrogens is 355 g/mol. The van der Waals surface area contributed by atoms with Crippen molar-refractivity contribution in [3.8, 4) is 5.75 Å². The van der Waals surface area contributed by atoms with Crippen LogP contribution in [0.1, 0.15) is 17.3 Å². The number of fused-ring (bicyclic) bond motifs is 1.